The van der Waals surface area contributed by atoms with Crippen LogP contribution in [0.3, 0.4) is 0 Å². The highest BCUT2D eigenvalue weighted by Gasteiger charge is 2.52. The molecular formula is C26H39N5O4. The van der Waals surface area contributed by atoms with Crippen LogP contribution >= 0.6 is 0 Å². The standard InChI is InChI=1S/C26H39N5O4/c1-15(2)10-19(28)25(34)31-14-22(32)23-21(31)8-9-30(23)26(35)20(11-16(3)4)29-24(33)18-7-5-6-17(12-18)13-27/h5-7,12,15-16,19-21,23H,8-11,13-14,27-28H2,1-4H3,(H,29,33)/t19-,20-,21?,23?/m0/s1. The maximum atomic E-state index is 13.6. The van der Waals surface area contributed by atoms with Crippen molar-refractivity contribution in [3.8, 4) is 0 Å². The number of hydrogen-bond acceptors (Lipinski definition) is 6. The largest absolute Gasteiger partial charge is 0.340 e. The van der Waals surface area contributed by atoms with Crippen LogP contribution < -0.4 is 16.8 Å². The Kier molecular flexibility index (Phi) is 8.66. The molecule has 35 heavy (non-hydrogen) atoms. The molecule has 3 amide bonds. The Labute approximate surface area is 207 Å². The van der Waals surface area contributed by atoms with Crippen molar-refractivity contribution in [1.82, 2.24) is 15.1 Å². The quantitative estimate of drug-likeness (QED) is 0.478. The molecule has 0 radical (unpaired) electrons. The van der Waals surface area contributed by atoms with Crippen LogP contribution in [0.15, 0.2) is 24.3 Å². The van der Waals surface area contributed by atoms with Gasteiger partial charge >= 0.3 is 0 Å². The maximum Gasteiger partial charge on any atom is 0.251 e. The molecule has 0 spiro atoms. The highest BCUT2D eigenvalue weighted by molar-refractivity contribution is 6.01. The van der Waals surface area contributed by atoms with Crippen LogP contribution in [0.5, 0.6) is 0 Å². The Morgan fingerprint density at radius 3 is 2.37 bits per heavy atom. The summed E-state index contributed by atoms with van der Waals surface area (Å²) in [4.78, 5) is 55.6. The number of nitrogens with zero attached hydrogens (tertiary/aromatic N) is 2. The molecule has 3 rings (SSSR count). The van der Waals surface area contributed by atoms with Gasteiger partial charge in [0.05, 0.1) is 18.6 Å². The molecule has 2 heterocycles. The van der Waals surface area contributed by atoms with Crippen molar-refractivity contribution in [1.29, 1.82) is 0 Å². The third-order valence-corrected chi connectivity index (χ3v) is 6.77. The number of carbonyl (C=O) groups excluding carboxylic acids is 4. The SMILES string of the molecule is CC(C)C[C@H](NC(=O)c1cccc(CN)c1)C(=O)N1CCC2C1C(=O)CN2C(=O)[C@@H](N)CC(C)C. The van der Waals surface area contributed by atoms with Gasteiger partial charge < -0.3 is 26.6 Å². The van der Waals surface area contributed by atoms with Crippen LogP contribution in [0.25, 0.3) is 0 Å². The zero-order valence-corrected chi connectivity index (χ0v) is 21.2. The van der Waals surface area contributed by atoms with E-state index in [2.05, 4.69) is 5.32 Å². The molecule has 192 valence electrons. The van der Waals surface area contributed by atoms with Gasteiger partial charge in [-0.05, 0) is 48.8 Å². The van der Waals surface area contributed by atoms with Gasteiger partial charge in [0.2, 0.25) is 11.8 Å². The number of fused-ring (bicyclic) bond motifs is 1. The molecular weight excluding hydrogens is 446 g/mol. The minimum atomic E-state index is -0.775. The van der Waals surface area contributed by atoms with E-state index in [1.807, 2.05) is 33.8 Å². The summed E-state index contributed by atoms with van der Waals surface area (Å²) in [5.41, 5.74) is 13.1. The summed E-state index contributed by atoms with van der Waals surface area (Å²) < 4.78 is 0. The van der Waals surface area contributed by atoms with Crippen LogP contribution in [0.2, 0.25) is 0 Å². The average molecular weight is 486 g/mol. The van der Waals surface area contributed by atoms with Crippen molar-refractivity contribution in [3.63, 3.8) is 0 Å². The van der Waals surface area contributed by atoms with Crippen LogP contribution in [-0.4, -0.2) is 70.6 Å². The highest BCUT2D eigenvalue weighted by atomic mass is 16.2. The molecule has 0 aliphatic carbocycles. The van der Waals surface area contributed by atoms with Gasteiger partial charge in [0.1, 0.15) is 12.1 Å². The number of rotatable bonds is 9. The summed E-state index contributed by atoms with van der Waals surface area (Å²) in [7, 11) is 0. The molecule has 9 nitrogen and oxygen atoms in total. The van der Waals surface area contributed by atoms with Gasteiger partial charge in [0, 0.05) is 18.7 Å². The molecule has 0 saturated carbocycles. The predicted molar refractivity (Wildman–Crippen MR) is 133 cm³/mol. The first-order chi connectivity index (χ1) is 16.5. The van der Waals surface area contributed by atoms with E-state index < -0.39 is 18.1 Å². The van der Waals surface area contributed by atoms with Crippen molar-refractivity contribution in [2.75, 3.05) is 13.1 Å². The third-order valence-electron chi connectivity index (χ3n) is 6.77. The molecule has 2 unspecified atom stereocenters. The van der Waals surface area contributed by atoms with Gasteiger partial charge in [-0.15, -0.1) is 0 Å². The Hall–Kier alpha value is -2.78. The highest BCUT2D eigenvalue weighted by Crippen LogP contribution is 2.31. The van der Waals surface area contributed by atoms with Gasteiger partial charge in [-0.2, -0.15) is 0 Å². The number of hydrogen-bond donors (Lipinski definition) is 3. The second-order valence-corrected chi connectivity index (χ2v) is 10.6. The van der Waals surface area contributed by atoms with E-state index in [4.69, 9.17) is 11.5 Å². The zero-order chi connectivity index (χ0) is 25.9. The Bertz CT molecular complexity index is 963. The minimum Gasteiger partial charge on any atom is -0.340 e. The van der Waals surface area contributed by atoms with Gasteiger partial charge in [-0.3, -0.25) is 19.2 Å². The number of benzene rings is 1. The molecule has 2 aliphatic heterocycles. The smallest absolute Gasteiger partial charge is 0.251 e. The fourth-order valence-corrected chi connectivity index (χ4v) is 5.15. The number of nitrogens with two attached hydrogens (primary N) is 2. The van der Waals surface area contributed by atoms with E-state index in [9.17, 15) is 19.2 Å². The lowest BCUT2D eigenvalue weighted by atomic mass is 10.0. The molecule has 1 aromatic carbocycles. The van der Waals surface area contributed by atoms with E-state index in [0.717, 1.165) is 5.56 Å². The molecule has 2 saturated heterocycles. The molecule has 0 bridgehead atoms. The maximum absolute atomic E-state index is 13.6. The van der Waals surface area contributed by atoms with E-state index in [-0.39, 0.29) is 47.9 Å². The molecule has 0 aromatic heterocycles. The molecule has 2 fully saturated rings. The summed E-state index contributed by atoms with van der Waals surface area (Å²) >= 11 is 0. The monoisotopic (exact) mass is 485 g/mol. The average Bonchev–Trinajstić information content (AvgIpc) is 3.38. The van der Waals surface area contributed by atoms with Crippen molar-refractivity contribution in [2.45, 2.75) is 77.7 Å². The first kappa shape index (κ1) is 26.8. The number of carbonyl (C=O) groups is 4. The van der Waals surface area contributed by atoms with Gasteiger partial charge in [-0.1, -0.05) is 39.8 Å². The topological polar surface area (TPSA) is 139 Å². The summed E-state index contributed by atoms with van der Waals surface area (Å²) in [5, 5.41) is 2.88. The van der Waals surface area contributed by atoms with E-state index >= 15 is 0 Å². The summed E-state index contributed by atoms with van der Waals surface area (Å²) in [6.45, 7) is 8.58. The fraction of sp³-hybridized carbons (Fsp3) is 0.615. The Morgan fingerprint density at radius 1 is 1.06 bits per heavy atom. The van der Waals surface area contributed by atoms with Crippen LogP contribution in [0, 0.1) is 11.8 Å². The normalized spacial score (nSPS) is 21.4. The number of nitrogens with one attached hydrogen (secondary N) is 1. The second-order valence-electron chi connectivity index (χ2n) is 10.6. The van der Waals surface area contributed by atoms with Gasteiger partial charge in [-0.25, -0.2) is 0 Å². The Balaban J connectivity index is 1.76. The summed E-state index contributed by atoms with van der Waals surface area (Å²) in [6, 6.07) is 4.49. The van der Waals surface area contributed by atoms with Crippen molar-refractivity contribution >= 4 is 23.5 Å². The molecule has 9 heteroatoms. The second kappa shape index (κ2) is 11.3. The molecule has 2 aliphatic rings. The lowest BCUT2D eigenvalue weighted by molar-refractivity contribution is -0.138. The summed E-state index contributed by atoms with van der Waals surface area (Å²) in [6.07, 6.45) is 1.49. The predicted octanol–water partition coefficient (Wildman–Crippen LogP) is 1.04. The zero-order valence-electron chi connectivity index (χ0n) is 21.2. The van der Waals surface area contributed by atoms with Crippen LogP contribution in [-0.2, 0) is 20.9 Å². The Morgan fingerprint density at radius 2 is 1.74 bits per heavy atom. The van der Waals surface area contributed by atoms with Gasteiger partial charge in [0.25, 0.3) is 5.91 Å². The van der Waals surface area contributed by atoms with Crippen LogP contribution in [0.4, 0.5) is 0 Å². The van der Waals surface area contributed by atoms with Crippen LogP contribution in [0.1, 0.15) is 62.9 Å². The number of amides is 3. The molecule has 1 aromatic rings. The lowest BCUT2D eigenvalue weighted by Gasteiger charge is -2.29. The number of Topliss-reactive ketones (excluding diaryl/α,β-unsaturated/α-hetero) is 1. The minimum absolute atomic E-state index is 0.0309. The summed E-state index contributed by atoms with van der Waals surface area (Å²) in [5.74, 6) is -0.634. The first-order valence-corrected chi connectivity index (χ1v) is 12.5. The van der Waals surface area contributed by atoms with Gasteiger partial charge in [0.15, 0.2) is 5.78 Å². The number of ketones is 1. The van der Waals surface area contributed by atoms with E-state index in [1.165, 1.54) is 0 Å². The molecule has 5 N–H and O–H groups in total. The number of likely N-dealkylation sites (tertiary alicyclic amines) is 2. The van der Waals surface area contributed by atoms with E-state index in [0.29, 0.717) is 37.9 Å². The molecule has 4 atom stereocenters. The lowest BCUT2D eigenvalue weighted by Crippen LogP contribution is -2.53. The van der Waals surface area contributed by atoms with Crippen molar-refractivity contribution in [3.05, 3.63) is 35.4 Å². The first-order valence-electron chi connectivity index (χ1n) is 12.5. The van der Waals surface area contributed by atoms with E-state index in [1.54, 1.807) is 28.0 Å². The third kappa shape index (κ3) is 6.08. The fourth-order valence-electron chi connectivity index (χ4n) is 5.15. The van der Waals surface area contributed by atoms with Crippen molar-refractivity contribution in [2.24, 2.45) is 23.3 Å². The van der Waals surface area contributed by atoms with Crippen molar-refractivity contribution < 1.29 is 19.2 Å².